The third kappa shape index (κ3) is 4.86. The zero-order valence-electron chi connectivity index (χ0n) is 11.9. The Kier molecular flexibility index (Phi) is 7.19. The van der Waals surface area contributed by atoms with E-state index in [-0.39, 0.29) is 4.91 Å². The zero-order valence-corrected chi connectivity index (χ0v) is 14.5. The van der Waals surface area contributed by atoms with Crippen LogP contribution in [0.2, 0.25) is 0 Å². The molecule has 0 amide bonds. The van der Waals surface area contributed by atoms with Crippen LogP contribution in [0.3, 0.4) is 0 Å². The van der Waals surface area contributed by atoms with Crippen LogP contribution in [-0.2, 0) is 9.53 Å². The van der Waals surface area contributed by atoms with Gasteiger partial charge in [-0.2, -0.15) is 0 Å². The van der Waals surface area contributed by atoms with Gasteiger partial charge in [0.1, 0.15) is 9.93 Å². The second kappa shape index (κ2) is 8.14. The Morgan fingerprint density at radius 1 is 1.55 bits per heavy atom. The normalized spacial score (nSPS) is 25.7. The minimum Gasteiger partial charge on any atom is -0.461 e. The van der Waals surface area contributed by atoms with Crippen LogP contribution in [0.4, 0.5) is 0 Å². The first-order valence-corrected chi connectivity index (χ1v) is 9.83. The van der Waals surface area contributed by atoms with Gasteiger partial charge in [-0.25, -0.2) is 4.79 Å². The molecule has 1 rings (SSSR count). The molecule has 114 valence electrons. The summed E-state index contributed by atoms with van der Waals surface area (Å²) in [6.07, 6.45) is 4.38. The largest absolute Gasteiger partial charge is 0.461 e. The van der Waals surface area contributed by atoms with E-state index in [9.17, 15) is 4.79 Å². The van der Waals surface area contributed by atoms with Crippen molar-refractivity contribution < 1.29 is 9.53 Å². The standard InChI is InChI=1S/C13H22N2O2S3/c1-4-6-7-11(5-2)8-17-13(16)10(3)20(19)9-12(18)14-15-20/h9,11,18-19H,3-8H2,1-2H3. The Morgan fingerprint density at radius 3 is 2.75 bits per heavy atom. The van der Waals surface area contributed by atoms with Crippen molar-refractivity contribution in [2.75, 3.05) is 6.61 Å². The zero-order chi connectivity index (χ0) is 15.2. The van der Waals surface area contributed by atoms with Gasteiger partial charge in [-0.15, -0.1) is 22.3 Å². The van der Waals surface area contributed by atoms with Gasteiger partial charge in [-0.3, -0.25) is 0 Å². The Hall–Kier alpha value is -0.400. The van der Waals surface area contributed by atoms with E-state index < -0.39 is 15.2 Å². The smallest absolute Gasteiger partial charge is 0.345 e. The Morgan fingerprint density at radius 2 is 2.25 bits per heavy atom. The molecule has 0 saturated heterocycles. The van der Waals surface area contributed by atoms with Crippen LogP contribution < -0.4 is 0 Å². The fourth-order valence-electron chi connectivity index (χ4n) is 1.71. The lowest BCUT2D eigenvalue weighted by molar-refractivity contribution is -0.139. The summed E-state index contributed by atoms with van der Waals surface area (Å²) in [7, 11) is -2.06. The van der Waals surface area contributed by atoms with Gasteiger partial charge in [-0.1, -0.05) is 51.3 Å². The number of unbranched alkanes of at least 4 members (excludes halogenated alkanes) is 1. The quantitative estimate of drug-likeness (QED) is 0.283. The number of hydrogen-bond donors (Lipinski definition) is 2. The van der Waals surface area contributed by atoms with Gasteiger partial charge in [0.2, 0.25) is 0 Å². The second-order valence-corrected chi connectivity index (χ2v) is 8.89. The van der Waals surface area contributed by atoms with Gasteiger partial charge >= 0.3 is 5.97 Å². The maximum atomic E-state index is 12.0. The van der Waals surface area contributed by atoms with Crippen molar-refractivity contribution in [1.29, 1.82) is 0 Å². The highest BCUT2D eigenvalue weighted by Crippen LogP contribution is 2.66. The van der Waals surface area contributed by atoms with Crippen molar-refractivity contribution in [1.82, 2.24) is 0 Å². The third-order valence-corrected chi connectivity index (χ3v) is 6.49. The molecule has 0 aliphatic carbocycles. The molecule has 0 N–H and O–H groups in total. The molecule has 0 aromatic carbocycles. The fourth-order valence-corrected chi connectivity index (χ4v) is 4.30. The van der Waals surface area contributed by atoms with Crippen molar-refractivity contribution in [2.45, 2.75) is 39.5 Å². The van der Waals surface area contributed by atoms with Crippen molar-refractivity contribution in [2.24, 2.45) is 15.6 Å². The molecule has 2 atom stereocenters. The third-order valence-electron chi connectivity index (χ3n) is 3.12. The van der Waals surface area contributed by atoms with Crippen LogP contribution >= 0.6 is 33.5 Å². The van der Waals surface area contributed by atoms with E-state index in [1.54, 1.807) is 5.41 Å². The molecule has 0 bridgehead atoms. The summed E-state index contributed by atoms with van der Waals surface area (Å²) in [5.74, 6) is -0.0399. The Balaban J connectivity index is 2.50. The van der Waals surface area contributed by atoms with E-state index >= 15 is 0 Å². The second-order valence-electron chi connectivity index (χ2n) is 4.69. The van der Waals surface area contributed by atoms with Crippen LogP contribution in [-0.4, -0.2) is 12.6 Å². The van der Waals surface area contributed by atoms with E-state index in [0.717, 1.165) is 25.7 Å². The molecule has 1 aliphatic heterocycles. The minimum absolute atomic E-state index is 0.249. The number of ether oxygens (including phenoxy) is 1. The molecule has 0 aromatic heterocycles. The summed E-state index contributed by atoms with van der Waals surface area (Å²) in [6, 6.07) is 0. The van der Waals surface area contributed by atoms with E-state index in [1.807, 2.05) is 0 Å². The highest BCUT2D eigenvalue weighted by atomic mass is 33.1. The number of rotatable bonds is 8. The minimum atomic E-state index is -2.06. The molecule has 4 nitrogen and oxygen atoms in total. The molecule has 1 heterocycles. The monoisotopic (exact) mass is 334 g/mol. The first-order valence-electron chi connectivity index (χ1n) is 6.68. The van der Waals surface area contributed by atoms with Crippen LogP contribution in [0.15, 0.2) is 31.6 Å². The Bertz CT molecular complexity index is 437. The van der Waals surface area contributed by atoms with Gasteiger partial charge in [0.05, 0.1) is 6.61 Å². The maximum Gasteiger partial charge on any atom is 0.345 e. The van der Waals surface area contributed by atoms with Crippen LogP contribution in [0.25, 0.3) is 0 Å². The summed E-state index contributed by atoms with van der Waals surface area (Å²) in [4.78, 5) is 12.3. The highest BCUT2D eigenvalue weighted by molar-refractivity contribution is 8.90. The predicted octanol–water partition coefficient (Wildman–Crippen LogP) is 5.02. The molecule has 0 aromatic rings. The lowest BCUT2D eigenvalue weighted by Gasteiger charge is -2.23. The van der Waals surface area contributed by atoms with Crippen LogP contribution in [0.1, 0.15) is 39.5 Å². The summed E-state index contributed by atoms with van der Waals surface area (Å²) >= 11 is 8.48. The predicted molar refractivity (Wildman–Crippen MR) is 91.9 cm³/mol. The molecule has 7 heteroatoms. The number of esters is 1. The first kappa shape index (κ1) is 17.7. The first-order chi connectivity index (χ1) is 9.42. The number of nitrogens with zero attached hydrogens (tertiary/aromatic N) is 2. The summed E-state index contributed by atoms with van der Waals surface area (Å²) in [6.45, 7) is 8.45. The van der Waals surface area contributed by atoms with E-state index in [2.05, 4.69) is 54.3 Å². The van der Waals surface area contributed by atoms with Gasteiger partial charge in [0, 0.05) is 5.41 Å². The highest BCUT2D eigenvalue weighted by Gasteiger charge is 2.31. The van der Waals surface area contributed by atoms with Gasteiger partial charge in [-0.05, 0) is 21.6 Å². The SMILES string of the molecule is C=C(C(=O)OCC(CC)CCCC)S1(S)C=C(S)N=N1. The maximum absolute atomic E-state index is 12.0. The number of carbonyl (C=O) groups excluding carboxylic acids is 1. The van der Waals surface area contributed by atoms with Crippen molar-refractivity contribution >= 4 is 39.5 Å². The molecule has 0 radical (unpaired) electrons. The van der Waals surface area contributed by atoms with E-state index in [1.165, 1.54) is 0 Å². The van der Waals surface area contributed by atoms with E-state index in [0.29, 0.717) is 17.6 Å². The van der Waals surface area contributed by atoms with Crippen LogP contribution in [0, 0.1) is 5.92 Å². The topological polar surface area (TPSA) is 51.0 Å². The number of thiol groups is 2. The lowest BCUT2D eigenvalue weighted by atomic mass is 10.0. The van der Waals surface area contributed by atoms with Gasteiger partial charge in [0.15, 0.2) is 0 Å². The molecule has 20 heavy (non-hydrogen) atoms. The van der Waals surface area contributed by atoms with Crippen molar-refractivity contribution in [3.63, 3.8) is 0 Å². The van der Waals surface area contributed by atoms with Crippen molar-refractivity contribution in [3.8, 4) is 0 Å². The molecule has 0 saturated carbocycles. The van der Waals surface area contributed by atoms with Crippen molar-refractivity contribution in [3.05, 3.63) is 21.9 Å². The summed E-state index contributed by atoms with van der Waals surface area (Å²) in [5.41, 5.74) is 0. The fraction of sp³-hybridized carbons (Fsp3) is 0.615. The molecular weight excluding hydrogens is 312 g/mol. The summed E-state index contributed by atoms with van der Waals surface area (Å²) < 4.78 is 9.31. The van der Waals surface area contributed by atoms with Crippen LogP contribution in [0.5, 0.6) is 0 Å². The summed E-state index contributed by atoms with van der Waals surface area (Å²) in [5, 5.41) is 5.89. The van der Waals surface area contributed by atoms with E-state index in [4.69, 9.17) is 4.74 Å². The molecule has 1 aliphatic rings. The number of carbonyl (C=O) groups is 1. The molecule has 2 unspecified atom stereocenters. The van der Waals surface area contributed by atoms with Gasteiger partial charge in [0.25, 0.3) is 0 Å². The average Bonchev–Trinajstić information content (AvgIpc) is 2.78. The Labute approximate surface area is 132 Å². The number of hydrogen-bond acceptors (Lipinski definition) is 6. The average molecular weight is 335 g/mol. The molecule has 0 fully saturated rings. The molecule has 0 spiro atoms. The van der Waals surface area contributed by atoms with Gasteiger partial charge < -0.3 is 4.74 Å². The lowest BCUT2D eigenvalue weighted by Crippen LogP contribution is -2.15. The molecular formula is C13H22N2O2S3.